The van der Waals surface area contributed by atoms with Crippen molar-refractivity contribution < 1.29 is 9.59 Å². The monoisotopic (exact) mass is 411 g/mol. The van der Waals surface area contributed by atoms with Crippen LogP contribution in [0, 0.1) is 0 Å². The number of hydrogen-bond donors (Lipinski definition) is 0. The number of piperazine rings is 1. The molecule has 1 fully saturated rings. The summed E-state index contributed by atoms with van der Waals surface area (Å²) >= 11 is 0. The molecule has 31 heavy (non-hydrogen) atoms. The van der Waals surface area contributed by atoms with Gasteiger partial charge in [0, 0.05) is 49.5 Å². The molecule has 0 bridgehead atoms. The second-order valence-electron chi connectivity index (χ2n) is 8.04. The summed E-state index contributed by atoms with van der Waals surface area (Å²) in [4.78, 5) is 32.9. The Morgan fingerprint density at radius 1 is 0.710 bits per heavy atom. The standard InChI is InChI=1S/C26H25N3O2/c30-25(20-9-3-1-4-10-20)29-23-14-8-7-11-21(23)19-24(29)26(31)28-17-15-27(16-18-28)22-12-5-2-6-13-22/h1-14,24H,15-19H2. The quantitative estimate of drug-likeness (QED) is 0.661. The van der Waals surface area contributed by atoms with E-state index in [9.17, 15) is 9.59 Å². The number of carbonyl (C=O) groups excluding carboxylic acids is 2. The fraction of sp³-hybridized carbons (Fsp3) is 0.231. The molecule has 2 aliphatic rings. The van der Waals surface area contributed by atoms with Gasteiger partial charge in [-0.3, -0.25) is 14.5 Å². The van der Waals surface area contributed by atoms with Crippen molar-refractivity contribution in [3.05, 3.63) is 96.1 Å². The summed E-state index contributed by atoms with van der Waals surface area (Å²) in [6, 6.07) is 26.9. The first-order valence-corrected chi connectivity index (χ1v) is 10.8. The van der Waals surface area contributed by atoms with Crippen molar-refractivity contribution in [1.82, 2.24) is 4.90 Å². The lowest BCUT2D eigenvalue weighted by molar-refractivity contribution is -0.132. The highest BCUT2D eigenvalue weighted by molar-refractivity contribution is 6.11. The van der Waals surface area contributed by atoms with Crippen LogP contribution in [0.5, 0.6) is 0 Å². The molecule has 5 heteroatoms. The summed E-state index contributed by atoms with van der Waals surface area (Å²) < 4.78 is 0. The highest BCUT2D eigenvalue weighted by Crippen LogP contribution is 2.34. The SMILES string of the molecule is O=C(C1Cc2ccccc2N1C(=O)c1ccccc1)N1CCN(c2ccccc2)CC1. The van der Waals surface area contributed by atoms with E-state index >= 15 is 0 Å². The molecule has 5 nitrogen and oxygen atoms in total. The minimum Gasteiger partial charge on any atom is -0.368 e. The van der Waals surface area contributed by atoms with E-state index in [4.69, 9.17) is 0 Å². The van der Waals surface area contributed by atoms with E-state index in [1.807, 2.05) is 77.7 Å². The molecule has 2 heterocycles. The molecule has 156 valence electrons. The lowest BCUT2D eigenvalue weighted by Crippen LogP contribution is -2.55. The Bertz CT molecular complexity index is 1080. The predicted molar refractivity (Wildman–Crippen MR) is 122 cm³/mol. The van der Waals surface area contributed by atoms with Crippen LogP contribution in [0.25, 0.3) is 0 Å². The maximum Gasteiger partial charge on any atom is 0.259 e. The highest BCUT2D eigenvalue weighted by Gasteiger charge is 2.41. The number of nitrogens with zero attached hydrogens (tertiary/aromatic N) is 3. The normalized spacial score (nSPS) is 18.1. The van der Waals surface area contributed by atoms with Crippen molar-refractivity contribution in [2.45, 2.75) is 12.5 Å². The summed E-state index contributed by atoms with van der Waals surface area (Å²) in [5.41, 5.74) is 3.68. The number of fused-ring (bicyclic) bond motifs is 1. The minimum absolute atomic E-state index is 0.0354. The highest BCUT2D eigenvalue weighted by atomic mass is 16.2. The van der Waals surface area contributed by atoms with Crippen LogP contribution in [0.4, 0.5) is 11.4 Å². The zero-order valence-corrected chi connectivity index (χ0v) is 17.4. The Morgan fingerprint density at radius 2 is 1.32 bits per heavy atom. The largest absolute Gasteiger partial charge is 0.368 e. The van der Waals surface area contributed by atoms with Crippen molar-refractivity contribution in [1.29, 1.82) is 0 Å². The van der Waals surface area contributed by atoms with Gasteiger partial charge in [0.15, 0.2) is 0 Å². The Morgan fingerprint density at radius 3 is 2.03 bits per heavy atom. The zero-order chi connectivity index (χ0) is 21.2. The third kappa shape index (κ3) is 3.67. The Balaban J connectivity index is 1.36. The molecule has 0 aromatic heterocycles. The van der Waals surface area contributed by atoms with Crippen molar-refractivity contribution in [2.75, 3.05) is 36.0 Å². The number of anilines is 2. The van der Waals surface area contributed by atoms with E-state index in [2.05, 4.69) is 17.0 Å². The lowest BCUT2D eigenvalue weighted by atomic mass is 10.1. The van der Waals surface area contributed by atoms with E-state index in [0.717, 1.165) is 24.3 Å². The van der Waals surface area contributed by atoms with Crippen molar-refractivity contribution >= 4 is 23.2 Å². The summed E-state index contributed by atoms with van der Waals surface area (Å²) in [6.07, 6.45) is 0.562. The number of amides is 2. The molecule has 5 rings (SSSR count). The van der Waals surface area contributed by atoms with Crippen LogP contribution in [0.3, 0.4) is 0 Å². The van der Waals surface area contributed by atoms with E-state index in [1.54, 1.807) is 4.90 Å². The molecule has 0 aliphatic carbocycles. The van der Waals surface area contributed by atoms with Gasteiger partial charge in [0.05, 0.1) is 0 Å². The van der Waals surface area contributed by atoms with Gasteiger partial charge in [-0.05, 0) is 35.9 Å². The Labute approximate surface area is 182 Å². The van der Waals surface area contributed by atoms with Gasteiger partial charge in [0.25, 0.3) is 5.91 Å². The molecule has 2 amide bonds. The summed E-state index contributed by atoms with van der Waals surface area (Å²) in [7, 11) is 0. The minimum atomic E-state index is -0.492. The summed E-state index contributed by atoms with van der Waals surface area (Å²) in [6.45, 7) is 2.91. The number of benzene rings is 3. The Kier molecular flexibility index (Phi) is 5.16. The zero-order valence-electron chi connectivity index (χ0n) is 17.4. The Hall–Kier alpha value is -3.60. The maximum absolute atomic E-state index is 13.6. The predicted octanol–water partition coefficient (Wildman–Crippen LogP) is 3.61. The molecule has 1 unspecified atom stereocenters. The first-order chi connectivity index (χ1) is 15.2. The molecule has 3 aromatic rings. The van der Waals surface area contributed by atoms with Gasteiger partial charge in [-0.1, -0.05) is 54.6 Å². The van der Waals surface area contributed by atoms with E-state index in [0.29, 0.717) is 25.1 Å². The number of carbonyl (C=O) groups is 2. The van der Waals surface area contributed by atoms with Gasteiger partial charge in [-0.2, -0.15) is 0 Å². The molecular weight excluding hydrogens is 386 g/mol. The van der Waals surface area contributed by atoms with Crippen LogP contribution in [-0.2, 0) is 11.2 Å². The number of rotatable bonds is 3. The lowest BCUT2D eigenvalue weighted by Gasteiger charge is -2.38. The van der Waals surface area contributed by atoms with Gasteiger partial charge in [-0.25, -0.2) is 0 Å². The van der Waals surface area contributed by atoms with Crippen molar-refractivity contribution in [2.24, 2.45) is 0 Å². The third-order valence-electron chi connectivity index (χ3n) is 6.21. The topological polar surface area (TPSA) is 43.9 Å². The average Bonchev–Trinajstić information content (AvgIpc) is 3.24. The van der Waals surface area contributed by atoms with Crippen LogP contribution in [0.15, 0.2) is 84.9 Å². The maximum atomic E-state index is 13.6. The summed E-state index contributed by atoms with van der Waals surface area (Å²) in [5.74, 6) is -0.0833. The smallest absolute Gasteiger partial charge is 0.259 e. The fourth-order valence-corrected chi connectivity index (χ4v) is 4.59. The van der Waals surface area contributed by atoms with Crippen LogP contribution in [-0.4, -0.2) is 48.9 Å². The first-order valence-electron chi connectivity index (χ1n) is 10.8. The molecule has 0 radical (unpaired) electrons. The number of hydrogen-bond acceptors (Lipinski definition) is 3. The van der Waals surface area contributed by atoms with Crippen LogP contribution >= 0.6 is 0 Å². The molecule has 1 atom stereocenters. The van der Waals surface area contributed by atoms with E-state index < -0.39 is 6.04 Å². The van der Waals surface area contributed by atoms with Gasteiger partial charge >= 0.3 is 0 Å². The van der Waals surface area contributed by atoms with Gasteiger partial charge in [-0.15, -0.1) is 0 Å². The van der Waals surface area contributed by atoms with Gasteiger partial charge in [0.2, 0.25) is 5.91 Å². The van der Waals surface area contributed by atoms with Crippen LogP contribution in [0.1, 0.15) is 15.9 Å². The van der Waals surface area contributed by atoms with E-state index in [-0.39, 0.29) is 11.8 Å². The molecule has 3 aromatic carbocycles. The molecule has 0 spiro atoms. The second kappa shape index (κ2) is 8.26. The number of para-hydroxylation sites is 2. The van der Waals surface area contributed by atoms with Crippen LogP contribution in [0.2, 0.25) is 0 Å². The van der Waals surface area contributed by atoms with Gasteiger partial charge < -0.3 is 9.80 Å². The molecule has 0 saturated carbocycles. The first kappa shape index (κ1) is 19.4. The second-order valence-corrected chi connectivity index (χ2v) is 8.04. The average molecular weight is 412 g/mol. The molecule has 0 N–H and O–H groups in total. The van der Waals surface area contributed by atoms with Crippen molar-refractivity contribution in [3.63, 3.8) is 0 Å². The molecule has 1 saturated heterocycles. The van der Waals surface area contributed by atoms with Crippen LogP contribution < -0.4 is 9.80 Å². The third-order valence-corrected chi connectivity index (χ3v) is 6.21. The molecular formula is C26H25N3O2. The van der Waals surface area contributed by atoms with Gasteiger partial charge in [0.1, 0.15) is 6.04 Å². The van der Waals surface area contributed by atoms with Crippen molar-refractivity contribution in [3.8, 4) is 0 Å². The fourth-order valence-electron chi connectivity index (χ4n) is 4.59. The summed E-state index contributed by atoms with van der Waals surface area (Å²) in [5, 5.41) is 0. The van der Waals surface area contributed by atoms with E-state index in [1.165, 1.54) is 5.69 Å². The molecule has 2 aliphatic heterocycles.